The van der Waals surface area contributed by atoms with Crippen molar-refractivity contribution in [2.24, 2.45) is 0 Å². The largest absolute Gasteiger partial charge is 0.465 e. The maximum absolute atomic E-state index is 14.4. The Bertz CT molecular complexity index is 716. The van der Waals surface area contributed by atoms with Crippen LogP contribution in [0, 0.1) is 5.82 Å². The van der Waals surface area contributed by atoms with Gasteiger partial charge in [-0.25, -0.2) is 4.39 Å². The lowest BCUT2D eigenvalue weighted by Crippen LogP contribution is -2.33. The van der Waals surface area contributed by atoms with Gasteiger partial charge in [-0.2, -0.15) is 0 Å². The molecule has 4 nitrogen and oxygen atoms in total. The molecule has 24 heavy (non-hydrogen) atoms. The zero-order valence-electron chi connectivity index (χ0n) is 13.7. The Labute approximate surface area is 140 Å². The molecule has 5 heteroatoms. The van der Waals surface area contributed by atoms with Gasteiger partial charge >= 0.3 is 5.97 Å². The quantitative estimate of drug-likeness (QED) is 0.828. The molecule has 0 aliphatic rings. The van der Waals surface area contributed by atoms with Gasteiger partial charge in [-0.05, 0) is 31.0 Å². The van der Waals surface area contributed by atoms with Crippen LogP contribution >= 0.6 is 0 Å². The fourth-order valence-corrected chi connectivity index (χ4v) is 2.33. The second kappa shape index (κ2) is 8.24. The van der Waals surface area contributed by atoms with Crippen molar-refractivity contribution in [2.75, 3.05) is 13.2 Å². The Morgan fingerprint density at radius 2 is 1.88 bits per heavy atom. The number of carbonyl (C=O) groups is 2. The molecule has 1 atom stereocenters. The molecule has 126 valence electrons. The van der Waals surface area contributed by atoms with E-state index < -0.39 is 11.9 Å². The molecular weight excluding hydrogens is 309 g/mol. The molecule has 0 aromatic heterocycles. The number of benzene rings is 2. The molecule has 2 aromatic carbocycles. The van der Waals surface area contributed by atoms with E-state index in [2.05, 4.69) is 5.32 Å². The summed E-state index contributed by atoms with van der Waals surface area (Å²) < 4.78 is 19.1. The fraction of sp³-hybridized carbons (Fsp3) is 0.263. The van der Waals surface area contributed by atoms with Crippen LogP contribution < -0.4 is 5.32 Å². The standard InChI is InChI=1S/C19H20FNO3/c1-3-24-18(22)12-21-19(23)13(2)15-9-10-16(17(20)11-15)14-7-5-4-6-8-14/h4-11,13H,3,12H2,1-2H3,(H,21,23). The second-order valence-corrected chi connectivity index (χ2v) is 5.35. The maximum Gasteiger partial charge on any atom is 0.325 e. The summed E-state index contributed by atoms with van der Waals surface area (Å²) in [5.41, 5.74) is 1.81. The molecule has 0 fully saturated rings. The summed E-state index contributed by atoms with van der Waals surface area (Å²) >= 11 is 0. The van der Waals surface area contributed by atoms with Crippen molar-refractivity contribution in [3.05, 3.63) is 59.9 Å². The minimum atomic E-state index is -0.571. The topological polar surface area (TPSA) is 55.4 Å². The maximum atomic E-state index is 14.4. The Kier molecular flexibility index (Phi) is 6.07. The van der Waals surface area contributed by atoms with Crippen LogP contribution in [0.3, 0.4) is 0 Å². The van der Waals surface area contributed by atoms with Crippen LogP contribution in [0.15, 0.2) is 48.5 Å². The van der Waals surface area contributed by atoms with E-state index in [1.807, 2.05) is 30.3 Å². The van der Waals surface area contributed by atoms with Gasteiger partial charge in [0.15, 0.2) is 0 Å². The monoisotopic (exact) mass is 329 g/mol. The molecule has 2 rings (SSSR count). The van der Waals surface area contributed by atoms with E-state index in [4.69, 9.17) is 4.74 Å². The highest BCUT2D eigenvalue weighted by Gasteiger charge is 2.18. The van der Waals surface area contributed by atoms with Gasteiger partial charge in [-0.1, -0.05) is 42.5 Å². The summed E-state index contributed by atoms with van der Waals surface area (Å²) in [7, 11) is 0. The van der Waals surface area contributed by atoms with Crippen molar-refractivity contribution in [1.29, 1.82) is 0 Å². The van der Waals surface area contributed by atoms with Gasteiger partial charge in [0.05, 0.1) is 12.5 Å². The number of rotatable bonds is 6. The van der Waals surface area contributed by atoms with Crippen molar-refractivity contribution in [3.63, 3.8) is 0 Å². The SMILES string of the molecule is CCOC(=O)CNC(=O)C(C)c1ccc(-c2ccccc2)c(F)c1. The minimum absolute atomic E-state index is 0.193. The number of nitrogens with one attached hydrogen (secondary N) is 1. The summed E-state index contributed by atoms with van der Waals surface area (Å²) in [6.45, 7) is 3.43. The number of esters is 1. The van der Waals surface area contributed by atoms with E-state index >= 15 is 0 Å². The van der Waals surface area contributed by atoms with Gasteiger partial charge in [-0.15, -0.1) is 0 Å². The van der Waals surface area contributed by atoms with Gasteiger partial charge in [-0.3, -0.25) is 9.59 Å². The van der Waals surface area contributed by atoms with Crippen LogP contribution in [0.5, 0.6) is 0 Å². The third-order valence-electron chi connectivity index (χ3n) is 3.68. The molecule has 1 N–H and O–H groups in total. The molecule has 1 amide bonds. The van der Waals surface area contributed by atoms with Gasteiger partial charge in [0.25, 0.3) is 0 Å². The van der Waals surface area contributed by atoms with Crippen LogP contribution in [-0.2, 0) is 14.3 Å². The number of ether oxygens (including phenoxy) is 1. The average molecular weight is 329 g/mol. The van der Waals surface area contributed by atoms with E-state index in [-0.39, 0.29) is 24.9 Å². The smallest absolute Gasteiger partial charge is 0.325 e. The van der Waals surface area contributed by atoms with Crippen LogP contribution in [0.25, 0.3) is 11.1 Å². The predicted octanol–water partition coefficient (Wildman–Crippen LogP) is 3.28. The lowest BCUT2D eigenvalue weighted by atomic mass is 9.96. The van der Waals surface area contributed by atoms with Crippen molar-refractivity contribution >= 4 is 11.9 Å². The highest BCUT2D eigenvalue weighted by Crippen LogP contribution is 2.26. The summed E-state index contributed by atoms with van der Waals surface area (Å²) in [6.07, 6.45) is 0. The van der Waals surface area contributed by atoms with Gasteiger partial charge in [0.1, 0.15) is 12.4 Å². The first-order valence-electron chi connectivity index (χ1n) is 7.81. The van der Waals surface area contributed by atoms with E-state index in [1.54, 1.807) is 26.0 Å². The predicted molar refractivity (Wildman–Crippen MR) is 89.9 cm³/mol. The van der Waals surface area contributed by atoms with Crippen LogP contribution in [0.2, 0.25) is 0 Å². The summed E-state index contributed by atoms with van der Waals surface area (Å²) in [5, 5.41) is 2.50. The fourth-order valence-electron chi connectivity index (χ4n) is 2.33. The number of hydrogen-bond donors (Lipinski definition) is 1. The first-order valence-corrected chi connectivity index (χ1v) is 7.81. The molecule has 0 radical (unpaired) electrons. The molecule has 0 saturated carbocycles. The molecule has 1 unspecified atom stereocenters. The van der Waals surface area contributed by atoms with Gasteiger partial charge in [0.2, 0.25) is 5.91 Å². The summed E-state index contributed by atoms with van der Waals surface area (Å²) in [6, 6.07) is 13.9. The summed E-state index contributed by atoms with van der Waals surface area (Å²) in [5.74, 6) is -1.80. The third kappa shape index (κ3) is 4.41. The van der Waals surface area contributed by atoms with E-state index in [1.165, 1.54) is 6.07 Å². The zero-order valence-corrected chi connectivity index (χ0v) is 13.7. The second-order valence-electron chi connectivity index (χ2n) is 5.35. The summed E-state index contributed by atoms with van der Waals surface area (Å²) in [4.78, 5) is 23.3. The van der Waals surface area contributed by atoms with Crippen LogP contribution in [0.4, 0.5) is 4.39 Å². The molecular formula is C19H20FNO3. The Morgan fingerprint density at radius 3 is 2.50 bits per heavy atom. The number of hydrogen-bond acceptors (Lipinski definition) is 3. The minimum Gasteiger partial charge on any atom is -0.465 e. The Balaban J connectivity index is 2.08. The highest BCUT2D eigenvalue weighted by molar-refractivity contribution is 5.86. The molecule has 0 spiro atoms. The Morgan fingerprint density at radius 1 is 1.17 bits per heavy atom. The molecule has 0 heterocycles. The van der Waals surface area contributed by atoms with Crippen molar-refractivity contribution in [1.82, 2.24) is 5.32 Å². The van der Waals surface area contributed by atoms with Crippen LogP contribution in [0.1, 0.15) is 25.3 Å². The van der Waals surface area contributed by atoms with E-state index in [0.29, 0.717) is 11.1 Å². The molecule has 2 aromatic rings. The normalized spacial score (nSPS) is 11.6. The first kappa shape index (κ1) is 17.7. The highest BCUT2D eigenvalue weighted by atomic mass is 19.1. The lowest BCUT2D eigenvalue weighted by molar-refractivity contribution is -0.143. The Hall–Kier alpha value is -2.69. The average Bonchev–Trinajstić information content (AvgIpc) is 2.60. The van der Waals surface area contributed by atoms with Crippen molar-refractivity contribution < 1.29 is 18.7 Å². The molecule has 0 saturated heterocycles. The van der Waals surface area contributed by atoms with Crippen molar-refractivity contribution in [2.45, 2.75) is 19.8 Å². The third-order valence-corrected chi connectivity index (χ3v) is 3.68. The first-order chi connectivity index (χ1) is 11.5. The van der Waals surface area contributed by atoms with Gasteiger partial charge < -0.3 is 10.1 Å². The molecule has 0 bridgehead atoms. The number of halogens is 1. The number of amides is 1. The zero-order chi connectivity index (χ0) is 17.5. The van der Waals surface area contributed by atoms with Crippen LogP contribution in [-0.4, -0.2) is 25.0 Å². The molecule has 0 aliphatic heterocycles. The number of carbonyl (C=O) groups excluding carboxylic acids is 2. The van der Waals surface area contributed by atoms with Gasteiger partial charge in [0, 0.05) is 5.56 Å². The van der Waals surface area contributed by atoms with Crippen molar-refractivity contribution in [3.8, 4) is 11.1 Å². The lowest BCUT2D eigenvalue weighted by Gasteiger charge is -2.13. The van der Waals surface area contributed by atoms with E-state index in [0.717, 1.165) is 5.56 Å². The molecule has 0 aliphatic carbocycles. The van der Waals surface area contributed by atoms with E-state index in [9.17, 15) is 14.0 Å².